The van der Waals surface area contributed by atoms with E-state index in [1.165, 1.54) is 16.8 Å². The zero-order valence-electron chi connectivity index (χ0n) is 12.0. The molecule has 2 heterocycles. The fraction of sp³-hybridized carbons (Fsp3) is 0.643. The molecular formula is C14H21N3O3. The minimum atomic E-state index is -0.758. The first-order valence-electron chi connectivity index (χ1n) is 7.09. The molecule has 0 saturated carbocycles. The van der Waals surface area contributed by atoms with Crippen LogP contribution < -0.4 is 5.56 Å². The first-order valence-corrected chi connectivity index (χ1v) is 7.09. The number of nitrogens with zero attached hydrogens (tertiary/aromatic N) is 3. The van der Waals surface area contributed by atoms with Crippen LogP contribution >= 0.6 is 0 Å². The van der Waals surface area contributed by atoms with E-state index in [9.17, 15) is 14.7 Å². The molecule has 1 aromatic heterocycles. The summed E-state index contributed by atoms with van der Waals surface area (Å²) in [6.45, 7) is 5.11. The molecule has 0 aliphatic carbocycles. The lowest BCUT2D eigenvalue weighted by Crippen LogP contribution is -2.63. The molecule has 0 spiro atoms. The molecule has 0 radical (unpaired) electrons. The molecule has 1 amide bonds. The number of aromatic nitrogens is 2. The maximum atomic E-state index is 12.2. The summed E-state index contributed by atoms with van der Waals surface area (Å²) in [7, 11) is 0. The highest BCUT2D eigenvalue weighted by molar-refractivity contribution is 5.92. The van der Waals surface area contributed by atoms with Gasteiger partial charge in [-0.3, -0.25) is 9.59 Å². The highest BCUT2D eigenvalue weighted by Gasteiger charge is 2.42. The van der Waals surface area contributed by atoms with Gasteiger partial charge in [-0.05, 0) is 18.9 Å². The van der Waals surface area contributed by atoms with E-state index in [0.29, 0.717) is 26.1 Å². The number of hydrogen-bond acceptors (Lipinski definition) is 4. The van der Waals surface area contributed by atoms with Crippen LogP contribution in [-0.2, 0) is 6.54 Å². The Morgan fingerprint density at radius 2 is 2.10 bits per heavy atom. The van der Waals surface area contributed by atoms with Crippen LogP contribution in [0.15, 0.2) is 16.9 Å². The molecule has 20 heavy (non-hydrogen) atoms. The van der Waals surface area contributed by atoms with Gasteiger partial charge in [-0.25, -0.2) is 4.68 Å². The Labute approximate surface area is 118 Å². The molecule has 2 rings (SSSR count). The fourth-order valence-corrected chi connectivity index (χ4v) is 2.22. The number of carbonyl (C=O) groups is 1. The second kappa shape index (κ2) is 5.75. The summed E-state index contributed by atoms with van der Waals surface area (Å²) in [5.74, 6) is -0.228. The number of β-amino-alcohol motifs (C(OH)–C–C–N with tert-alkyl or cyclic N) is 1. The van der Waals surface area contributed by atoms with Crippen molar-refractivity contribution in [1.82, 2.24) is 14.7 Å². The molecule has 1 saturated heterocycles. The van der Waals surface area contributed by atoms with Crippen molar-refractivity contribution in [2.45, 2.75) is 45.3 Å². The van der Waals surface area contributed by atoms with E-state index >= 15 is 0 Å². The van der Waals surface area contributed by atoms with Crippen LogP contribution in [0.5, 0.6) is 0 Å². The van der Waals surface area contributed by atoms with Crippen molar-refractivity contribution in [2.75, 3.05) is 13.1 Å². The number of rotatable bonds is 5. The van der Waals surface area contributed by atoms with Crippen molar-refractivity contribution in [3.05, 3.63) is 28.2 Å². The third kappa shape index (κ3) is 2.90. The van der Waals surface area contributed by atoms with Crippen molar-refractivity contribution >= 4 is 5.91 Å². The van der Waals surface area contributed by atoms with E-state index in [1.54, 1.807) is 4.90 Å². The van der Waals surface area contributed by atoms with Gasteiger partial charge in [0, 0.05) is 12.6 Å². The van der Waals surface area contributed by atoms with Crippen LogP contribution in [0.1, 0.15) is 43.6 Å². The average Bonchev–Trinajstić information content (AvgIpc) is 2.42. The highest BCUT2D eigenvalue weighted by atomic mass is 16.3. The fourth-order valence-electron chi connectivity index (χ4n) is 2.22. The standard InChI is InChI=1S/C14H21N3O3/c1-3-5-8-17-12(18)7-6-11(15-17)13(19)16-9-14(20,4-2)10-16/h6-7,20H,3-5,8-10H2,1-2H3. The minimum absolute atomic E-state index is 0.191. The third-order valence-corrected chi connectivity index (χ3v) is 3.72. The predicted octanol–water partition coefficient (Wildman–Crippen LogP) is 0.640. The zero-order chi connectivity index (χ0) is 14.8. The Hall–Kier alpha value is -1.69. The number of likely N-dealkylation sites (tertiary alicyclic amines) is 1. The van der Waals surface area contributed by atoms with Crippen molar-refractivity contribution in [2.24, 2.45) is 0 Å². The highest BCUT2D eigenvalue weighted by Crippen LogP contribution is 2.25. The molecule has 1 N–H and O–H groups in total. The summed E-state index contributed by atoms with van der Waals surface area (Å²) in [5.41, 5.74) is -0.686. The summed E-state index contributed by atoms with van der Waals surface area (Å²) in [4.78, 5) is 25.4. The molecule has 1 fully saturated rings. The van der Waals surface area contributed by atoms with E-state index in [1.807, 2.05) is 13.8 Å². The van der Waals surface area contributed by atoms with Gasteiger partial charge < -0.3 is 10.0 Å². The molecule has 0 bridgehead atoms. The molecule has 0 aromatic carbocycles. The summed E-state index contributed by atoms with van der Waals surface area (Å²) >= 11 is 0. The molecule has 1 aromatic rings. The number of amides is 1. The van der Waals surface area contributed by atoms with Gasteiger partial charge in [-0.2, -0.15) is 5.10 Å². The molecule has 110 valence electrons. The lowest BCUT2D eigenvalue weighted by Gasteiger charge is -2.45. The van der Waals surface area contributed by atoms with Crippen molar-refractivity contribution in [3.8, 4) is 0 Å². The van der Waals surface area contributed by atoms with Crippen molar-refractivity contribution in [1.29, 1.82) is 0 Å². The largest absolute Gasteiger partial charge is 0.386 e. The van der Waals surface area contributed by atoms with Gasteiger partial charge >= 0.3 is 0 Å². The number of carbonyl (C=O) groups excluding carboxylic acids is 1. The smallest absolute Gasteiger partial charge is 0.274 e. The van der Waals surface area contributed by atoms with Gasteiger partial charge in [0.05, 0.1) is 18.7 Å². The maximum Gasteiger partial charge on any atom is 0.274 e. The average molecular weight is 279 g/mol. The number of hydrogen-bond donors (Lipinski definition) is 1. The van der Waals surface area contributed by atoms with Crippen molar-refractivity contribution in [3.63, 3.8) is 0 Å². The number of unbranched alkanes of at least 4 members (excludes halogenated alkanes) is 1. The Morgan fingerprint density at radius 1 is 1.40 bits per heavy atom. The molecular weight excluding hydrogens is 258 g/mol. The van der Waals surface area contributed by atoms with Crippen LogP contribution in [0.25, 0.3) is 0 Å². The maximum absolute atomic E-state index is 12.2. The molecule has 0 atom stereocenters. The SMILES string of the molecule is CCCCn1nc(C(=O)N2CC(O)(CC)C2)ccc1=O. The second-order valence-corrected chi connectivity index (χ2v) is 5.37. The van der Waals surface area contributed by atoms with E-state index < -0.39 is 5.60 Å². The quantitative estimate of drug-likeness (QED) is 0.858. The summed E-state index contributed by atoms with van der Waals surface area (Å²) in [6, 6.07) is 2.83. The van der Waals surface area contributed by atoms with E-state index in [0.717, 1.165) is 12.8 Å². The van der Waals surface area contributed by atoms with Gasteiger partial charge in [0.1, 0.15) is 5.69 Å². The van der Waals surface area contributed by atoms with Gasteiger partial charge in [-0.15, -0.1) is 0 Å². The van der Waals surface area contributed by atoms with Crippen LogP contribution in [-0.4, -0.2) is 44.4 Å². The van der Waals surface area contributed by atoms with E-state index in [2.05, 4.69) is 5.10 Å². The van der Waals surface area contributed by atoms with Crippen LogP contribution in [0, 0.1) is 0 Å². The lowest BCUT2D eigenvalue weighted by atomic mass is 9.91. The second-order valence-electron chi connectivity index (χ2n) is 5.37. The van der Waals surface area contributed by atoms with E-state index in [4.69, 9.17) is 0 Å². The summed E-state index contributed by atoms with van der Waals surface area (Å²) in [5, 5.41) is 14.0. The Bertz CT molecular complexity index is 547. The van der Waals surface area contributed by atoms with Crippen LogP contribution in [0.4, 0.5) is 0 Å². The Kier molecular flexibility index (Phi) is 4.23. The monoisotopic (exact) mass is 279 g/mol. The Morgan fingerprint density at radius 3 is 2.70 bits per heavy atom. The van der Waals surface area contributed by atoms with Crippen molar-refractivity contribution < 1.29 is 9.90 Å². The number of aryl methyl sites for hydroxylation is 1. The molecule has 6 heteroatoms. The lowest BCUT2D eigenvalue weighted by molar-refractivity contribution is -0.0828. The van der Waals surface area contributed by atoms with Gasteiger partial charge in [0.25, 0.3) is 11.5 Å². The predicted molar refractivity (Wildman–Crippen MR) is 74.5 cm³/mol. The topological polar surface area (TPSA) is 75.4 Å². The summed E-state index contributed by atoms with van der Waals surface area (Å²) < 4.78 is 1.34. The van der Waals surface area contributed by atoms with Gasteiger partial charge in [-0.1, -0.05) is 20.3 Å². The third-order valence-electron chi connectivity index (χ3n) is 3.72. The number of aliphatic hydroxyl groups is 1. The molecule has 0 unspecified atom stereocenters. The Balaban J connectivity index is 2.09. The molecule has 6 nitrogen and oxygen atoms in total. The van der Waals surface area contributed by atoms with Gasteiger partial charge in [0.15, 0.2) is 0 Å². The zero-order valence-corrected chi connectivity index (χ0v) is 12.0. The first kappa shape index (κ1) is 14.7. The normalized spacial score (nSPS) is 16.9. The van der Waals surface area contributed by atoms with Gasteiger partial charge in [0.2, 0.25) is 0 Å². The van der Waals surface area contributed by atoms with Crippen LogP contribution in [0.3, 0.4) is 0 Å². The molecule has 1 aliphatic heterocycles. The summed E-state index contributed by atoms with van der Waals surface area (Å²) in [6.07, 6.45) is 2.44. The molecule has 1 aliphatic rings. The van der Waals surface area contributed by atoms with Crippen LogP contribution in [0.2, 0.25) is 0 Å². The first-order chi connectivity index (χ1) is 9.49. The minimum Gasteiger partial charge on any atom is -0.386 e. The van der Waals surface area contributed by atoms with E-state index in [-0.39, 0.29) is 17.2 Å².